The smallest absolute Gasteiger partial charge is 0.309 e. The van der Waals surface area contributed by atoms with E-state index in [1.807, 2.05) is 0 Å². The summed E-state index contributed by atoms with van der Waals surface area (Å²) in [6, 6.07) is 0. The Hall–Kier alpha value is -1.34. The molecule has 0 heterocycles. The minimum Gasteiger partial charge on any atom is -0.481 e. The molecule has 0 radical (unpaired) electrons. The maximum atomic E-state index is 12.3. The minimum atomic E-state index is -1.03. The highest BCUT2D eigenvalue weighted by Crippen LogP contribution is 2.33. The zero-order chi connectivity index (χ0) is 21.8. The fraction of sp³-hybridized carbons (Fsp3) is 0.895. The van der Waals surface area contributed by atoms with Crippen LogP contribution < -0.4 is 5.90 Å². The molecule has 174 valence electrons. The predicted octanol–water partition coefficient (Wildman–Crippen LogP) is 1.86. The van der Waals surface area contributed by atoms with Crippen LogP contribution in [0.15, 0.2) is 0 Å². The largest absolute Gasteiger partial charge is 0.481 e. The molecule has 11 nitrogen and oxygen atoms in total. The van der Waals surface area contributed by atoms with E-state index in [-0.39, 0.29) is 37.9 Å². The highest BCUT2D eigenvalue weighted by Gasteiger charge is 2.41. The number of aliphatic carboxylic acids is 1. The van der Waals surface area contributed by atoms with Crippen LogP contribution in [-0.4, -0.2) is 54.8 Å². The molecule has 0 bridgehead atoms. The van der Waals surface area contributed by atoms with Gasteiger partial charge in [-0.1, -0.05) is 12.8 Å². The molecule has 0 spiro atoms. The molecular formula is C19H33NO10. The van der Waals surface area contributed by atoms with Gasteiger partial charge in [-0.05, 0) is 43.9 Å². The van der Waals surface area contributed by atoms with Crippen LogP contribution in [0.25, 0.3) is 0 Å². The number of hydrogen-bond acceptors (Lipinski definition) is 10. The van der Waals surface area contributed by atoms with Crippen molar-refractivity contribution in [3.8, 4) is 0 Å². The average Bonchev–Trinajstić information content (AvgIpc) is 2.74. The van der Waals surface area contributed by atoms with Crippen LogP contribution in [0.5, 0.6) is 0 Å². The molecule has 5 atom stereocenters. The Labute approximate surface area is 175 Å². The van der Waals surface area contributed by atoms with E-state index in [1.54, 1.807) is 0 Å². The Balaban J connectivity index is 1.62. The Morgan fingerprint density at radius 2 is 1.67 bits per heavy atom. The van der Waals surface area contributed by atoms with Gasteiger partial charge < -0.3 is 9.84 Å². The summed E-state index contributed by atoms with van der Waals surface area (Å²) in [7, 11) is 0. The van der Waals surface area contributed by atoms with Gasteiger partial charge in [-0.15, -0.1) is 4.99 Å². The normalized spacial score (nSPS) is 29.5. The first-order valence-corrected chi connectivity index (χ1v) is 10.5. The zero-order valence-electron chi connectivity index (χ0n) is 17.1. The lowest BCUT2D eigenvalue weighted by Crippen LogP contribution is -2.39. The Morgan fingerprint density at radius 1 is 0.933 bits per heavy atom. The third-order valence-corrected chi connectivity index (χ3v) is 5.95. The van der Waals surface area contributed by atoms with E-state index in [4.69, 9.17) is 30.6 Å². The highest BCUT2D eigenvalue weighted by molar-refractivity contribution is 5.81. The van der Waals surface area contributed by atoms with Gasteiger partial charge in [0.05, 0.1) is 44.4 Å². The molecular weight excluding hydrogens is 402 g/mol. The standard InChI is InChI=1S/C19H33NO10/c20-30-29-15-6-7-16(18(21)22)17(10-15)19(23)25-8-3-9-27-28-12-14-5-2-1-4-13(14)11-26-24/h13-17,24H,1-12,20H2,(H,21,22). The number of ether oxygens (including phenoxy) is 1. The molecule has 0 aromatic rings. The van der Waals surface area contributed by atoms with E-state index in [0.29, 0.717) is 26.1 Å². The molecule has 5 unspecified atom stereocenters. The van der Waals surface area contributed by atoms with Gasteiger partial charge in [-0.3, -0.25) is 14.8 Å². The van der Waals surface area contributed by atoms with Crippen molar-refractivity contribution in [1.82, 2.24) is 0 Å². The Bertz CT molecular complexity index is 518. The first-order valence-electron chi connectivity index (χ1n) is 10.5. The molecule has 2 fully saturated rings. The van der Waals surface area contributed by atoms with Gasteiger partial charge in [0.25, 0.3) is 0 Å². The Kier molecular flexibility index (Phi) is 11.5. The van der Waals surface area contributed by atoms with Crippen LogP contribution >= 0.6 is 0 Å². The van der Waals surface area contributed by atoms with Crippen molar-refractivity contribution in [2.75, 3.05) is 26.4 Å². The van der Waals surface area contributed by atoms with Crippen molar-refractivity contribution in [1.29, 1.82) is 0 Å². The molecule has 4 N–H and O–H groups in total. The SMILES string of the molecule is NOOC1CCC(C(=O)O)C(C(=O)OCCCOOCC2CCCCC2COO)C1. The molecule has 30 heavy (non-hydrogen) atoms. The van der Waals surface area contributed by atoms with Crippen LogP contribution in [-0.2, 0) is 38.9 Å². The van der Waals surface area contributed by atoms with Gasteiger partial charge in [0.15, 0.2) is 0 Å². The third kappa shape index (κ3) is 8.06. The van der Waals surface area contributed by atoms with E-state index >= 15 is 0 Å². The van der Waals surface area contributed by atoms with Crippen LogP contribution in [0.3, 0.4) is 0 Å². The van der Waals surface area contributed by atoms with Gasteiger partial charge >= 0.3 is 11.9 Å². The predicted molar refractivity (Wildman–Crippen MR) is 100 cm³/mol. The monoisotopic (exact) mass is 435 g/mol. The fourth-order valence-corrected chi connectivity index (χ4v) is 4.27. The number of carbonyl (C=O) groups excluding carboxylic acids is 1. The quantitative estimate of drug-likeness (QED) is 0.168. The minimum absolute atomic E-state index is 0.0916. The molecule has 2 rings (SSSR count). The number of carbonyl (C=O) groups is 2. The van der Waals surface area contributed by atoms with Crippen LogP contribution in [0.2, 0.25) is 0 Å². The van der Waals surface area contributed by atoms with Gasteiger partial charge in [-0.2, -0.15) is 5.90 Å². The van der Waals surface area contributed by atoms with E-state index in [0.717, 1.165) is 25.7 Å². The molecule has 0 aliphatic heterocycles. The molecule has 0 aromatic carbocycles. The second-order valence-electron chi connectivity index (χ2n) is 7.91. The lowest BCUT2D eigenvalue weighted by atomic mass is 9.78. The topological polar surface area (TPSA) is 156 Å². The summed E-state index contributed by atoms with van der Waals surface area (Å²) in [4.78, 5) is 47.5. The maximum absolute atomic E-state index is 12.3. The van der Waals surface area contributed by atoms with Crippen molar-refractivity contribution in [3.63, 3.8) is 0 Å². The summed E-state index contributed by atoms with van der Waals surface area (Å²) in [6.07, 6.45) is 5.09. The molecule has 2 aliphatic rings. The lowest BCUT2D eigenvalue weighted by Gasteiger charge is -2.31. The van der Waals surface area contributed by atoms with E-state index in [2.05, 4.69) is 9.88 Å². The van der Waals surface area contributed by atoms with Crippen LogP contribution in [0.4, 0.5) is 0 Å². The number of carboxylic acid groups (broad SMARTS) is 1. The Morgan fingerprint density at radius 3 is 2.33 bits per heavy atom. The van der Waals surface area contributed by atoms with Gasteiger partial charge in [0.1, 0.15) is 0 Å². The molecule has 2 aliphatic carbocycles. The maximum Gasteiger partial charge on any atom is 0.309 e. The van der Waals surface area contributed by atoms with E-state index < -0.39 is 29.9 Å². The zero-order valence-corrected chi connectivity index (χ0v) is 17.1. The van der Waals surface area contributed by atoms with Crippen LogP contribution in [0.1, 0.15) is 51.4 Å². The van der Waals surface area contributed by atoms with Gasteiger partial charge in [0.2, 0.25) is 0 Å². The van der Waals surface area contributed by atoms with Crippen molar-refractivity contribution in [3.05, 3.63) is 0 Å². The molecule has 0 aromatic heterocycles. The summed E-state index contributed by atoms with van der Waals surface area (Å²) >= 11 is 0. The molecule has 0 amide bonds. The molecule has 0 saturated heterocycles. The molecule has 11 heteroatoms. The second kappa shape index (κ2) is 13.9. The van der Waals surface area contributed by atoms with Crippen LogP contribution in [0, 0.1) is 23.7 Å². The summed E-state index contributed by atoms with van der Waals surface area (Å²) in [5, 5.41) is 18.0. The van der Waals surface area contributed by atoms with Gasteiger partial charge in [-0.25, -0.2) is 19.6 Å². The lowest BCUT2D eigenvalue weighted by molar-refractivity contribution is -0.336. The number of carboxylic acids is 1. The summed E-state index contributed by atoms with van der Waals surface area (Å²) < 4.78 is 5.22. The summed E-state index contributed by atoms with van der Waals surface area (Å²) in [6.45, 7) is 1.04. The molecule has 2 saturated carbocycles. The summed E-state index contributed by atoms with van der Waals surface area (Å²) in [5.41, 5.74) is 0. The van der Waals surface area contributed by atoms with E-state index in [1.165, 1.54) is 0 Å². The van der Waals surface area contributed by atoms with Crippen molar-refractivity contribution in [2.24, 2.45) is 29.6 Å². The van der Waals surface area contributed by atoms with Crippen molar-refractivity contribution in [2.45, 2.75) is 57.5 Å². The first kappa shape index (κ1) is 24.9. The second-order valence-corrected chi connectivity index (χ2v) is 7.91. The first-order chi connectivity index (χ1) is 14.6. The number of nitrogens with two attached hydrogens (primary N) is 1. The number of esters is 1. The van der Waals surface area contributed by atoms with Gasteiger partial charge in [0, 0.05) is 6.42 Å². The number of hydrogen-bond donors (Lipinski definition) is 3. The van der Waals surface area contributed by atoms with Crippen molar-refractivity contribution >= 4 is 11.9 Å². The average molecular weight is 435 g/mol. The third-order valence-electron chi connectivity index (χ3n) is 5.95. The highest BCUT2D eigenvalue weighted by atomic mass is 17.3. The number of rotatable bonds is 13. The van der Waals surface area contributed by atoms with E-state index in [9.17, 15) is 14.7 Å². The van der Waals surface area contributed by atoms with Crippen molar-refractivity contribution < 1.29 is 49.2 Å². The summed E-state index contributed by atoms with van der Waals surface area (Å²) in [5.74, 6) is 2.17. The fourth-order valence-electron chi connectivity index (χ4n) is 4.27.